The zero-order valence-electron chi connectivity index (χ0n) is 14.5. The van der Waals surface area contributed by atoms with Gasteiger partial charge in [-0.1, -0.05) is 19.7 Å². The molecule has 0 aromatic heterocycles. The van der Waals surface area contributed by atoms with Crippen molar-refractivity contribution >= 4 is 17.3 Å². The smallest absolute Gasteiger partial charge is 0.179 e. The highest BCUT2D eigenvalue weighted by Crippen LogP contribution is 2.41. The normalized spacial score (nSPS) is 11.8. The molecule has 0 saturated heterocycles. The number of carbonyl (C=O) groups is 3. The summed E-state index contributed by atoms with van der Waals surface area (Å²) in [7, 11) is 0. The van der Waals surface area contributed by atoms with E-state index in [2.05, 4.69) is 19.7 Å². The first-order valence-electron chi connectivity index (χ1n) is 7.39. The molecule has 24 heavy (non-hydrogen) atoms. The number of aliphatic hydroxyl groups is 3. The van der Waals surface area contributed by atoms with Crippen LogP contribution < -0.4 is 0 Å². The van der Waals surface area contributed by atoms with Gasteiger partial charge in [-0.3, -0.25) is 14.4 Å². The number of ketones is 3. The number of rotatable bonds is 11. The van der Waals surface area contributed by atoms with Gasteiger partial charge in [0.15, 0.2) is 22.8 Å². The Hall–Kier alpha value is -1.89. The first-order valence-corrected chi connectivity index (χ1v) is 7.39. The number of aliphatic hydroxyl groups excluding tert-OH is 3. The van der Waals surface area contributed by atoms with Crippen molar-refractivity contribution in [3.05, 3.63) is 36.5 Å². The Balaban J connectivity index is 6.72. The Labute approximate surface area is 142 Å². The maximum atomic E-state index is 12.8. The monoisotopic (exact) mass is 338 g/mol. The molecule has 0 aromatic rings. The third-order valence-corrected chi connectivity index (χ3v) is 3.97. The van der Waals surface area contributed by atoms with Crippen LogP contribution in [0.2, 0.25) is 0 Å². The Bertz CT molecular complexity index is 507. The minimum atomic E-state index is -2.27. The molecule has 0 aliphatic carbocycles. The molecule has 134 valence electrons. The lowest BCUT2D eigenvalue weighted by molar-refractivity contribution is -0.149. The topological polar surface area (TPSA) is 112 Å². The van der Waals surface area contributed by atoms with Gasteiger partial charge >= 0.3 is 0 Å². The van der Waals surface area contributed by atoms with Crippen molar-refractivity contribution in [1.29, 1.82) is 0 Å². The van der Waals surface area contributed by atoms with E-state index < -0.39 is 54.4 Å². The molecule has 0 fully saturated rings. The fraction of sp³-hybridized carbons (Fsp3) is 0.500. The Kier molecular flexibility index (Phi) is 7.63. The standard InChI is InChI=1S/C18H26O6/c1-11(2)14(22)18(15(23)12(3)4,16(24)13(5)6)7-17(8-19,9-20)10-21/h19-21H,1,3,5,7-10H2,2,4,6H3. The maximum Gasteiger partial charge on any atom is 0.179 e. The molecule has 0 aliphatic heterocycles. The first-order chi connectivity index (χ1) is 11.0. The number of hydrogen-bond acceptors (Lipinski definition) is 6. The number of carbonyl (C=O) groups excluding carboxylic acids is 3. The fourth-order valence-electron chi connectivity index (χ4n) is 2.52. The molecule has 0 bridgehead atoms. The number of hydrogen-bond donors (Lipinski definition) is 3. The summed E-state index contributed by atoms with van der Waals surface area (Å²) in [4.78, 5) is 38.4. The highest BCUT2D eigenvalue weighted by molar-refractivity contribution is 6.34. The average Bonchev–Trinajstić information content (AvgIpc) is 2.54. The minimum absolute atomic E-state index is 0.0399. The highest BCUT2D eigenvalue weighted by Gasteiger charge is 2.56. The van der Waals surface area contributed by atoms with Crippen LogP contribution in [0.1, 0.15) is 27.2 Å². The minimum Gasteiger partial charge on any atom is -0.396 e. The summed E-state index contributed by atoms with van der Waals surface area (Å²) in [5.74, 6) is -2.53. The zero-order valence-corrected chi connectivity index (χ0v) is 14.5. The summed E-state index contributed by atoms with van der Waals surface area (Å²) in [6.45, 7) is 12.4. The number of allylic oxidation sites excluding steroid dienone is 3. The molecule has 0 saturated carbocycles. The summed E-state index contributed by atoms with van der Waals surface area (Å²) in [5, 5.41) is 28.7. The van der Waals surface area contributed by atoms with Gasteiger partial charge in [0, 0.05) is 5.41 Å². The van der Waals surface area contributed by atoms with Gasteiger partial charge in [-0.2, -0.15) is 0 Å². The van der Waals surface area contributed by atoms with Crippen molar-refractivity contribution in [2.75, 3.05) is 19.8 Å². The summed E-state index contributed by atoms with van der Waals surface area (Å²) in [6.07, 6.45) is -0.577. The molecule has 0 radical (unpaired) electrons. The Morgan fingerprint density at radius 3 is 1.12 bits per heavy atom. The molecule has 0 atom stereocenters. The van der Waals surface area contributed by atoms with Crippen LogP contribution in [0.5, 0.6) is 0 Å². The van der Waals surface area contributed by atoms with Gasteiger partial charge in [0.2, 0.25) is 0 Å². The SMILES string of the molecule is C=C(C)C(=O)C(CC(CO)(CO)CO)(C(=O)C(=C)C)C(=O)C(=C)C. The molecule has 3 N–H and O–H groups in total. The molecule has 0 aliphatic rings. The van der Waals surface area contributed by atoms with Crippen molar-refractivity contribution in [2.45, 2.75) is 27.2 Å². The van der Waals surface area contributed by atoms with Crippen LogP contribution in [0.15, 0.2) is 36.5 Å². The van der Waals surface area contributed by atoms with Gasteiger partial charge in [0.05, 0.1) is 19.8 Å². The van der Waals surface area contributed by atoms with Gasteiger partial charge in [-0.05, 0) is 43.9 Å². The summed E-state index contributed by atoms with van der Waals surface area (Å²) in [6, 6.07) is 0. The van der Waals surface area contributed by atoms with Crippen LogP contribution in [0.25, 0.3) is 0 Å². The van der Waals surface area contributed by atoms with Crippen molar-refractivity contribution < 1.29 is 29.7 Å². The molecular weight excluding hydrogens is 312 g/mol. The Morgan fingerprint density at radius 1 is 0.708 bits per heavy atom. The van der Waals surface area contributed by atoms with Crippen LogP contribution in [-0.2, 0) is 14.4 Å². The molecule has 0 rings (SSSR count). The molecule has 0 unspecified atom stereocenters. The van der Waals surface area contributed by atoms with Crippen LogP contribution in [0.3, 0.4) is 0 Å². The second kappa shape index (κ2) is 8.28. The second-order valence-corrected chi connectivity index (χ2v) is 6.38. The van der Waals surface area contributed by atoms with Crippen LogP contribution in [0.4, 0.5) is 0 Å². The summed E-state index contributed by atoms with van der Waals surface area (Å²) >= 11 is 0. The molecule has 0 amide bonds. The largest absolute Gasteiger partial charge is 0.396 e. The van der Waals surface area contributed by atoms with E-state index >= 15 is 0 Å². The molecule has 6 heteroatoms. The van der Waals surface area contributed by atoms with E-state index in [4.69, 9.17) is 0 Å². The predicted octanol–water partition coefficient (Wildman–Crippen LogP) is 0.762. The second-order valence-electron chi connectivity index (χ2n) is 6.38. The van der Waals surface area contributed by atoms with E-state index in [1.54, 1.807) is 0 Å². The fourth-order valence-corrected chi connectivity index (χ4v) is 2.52. The van der Waals surface area contributed by atoms with E-state index in [0.29, 0.717) is 0 Å². The van der Waals surface area contributed by atoms with E-state index in [0.717, 1.165) is 0 Å². The third kappa shape index (κ3) is 3.95. The van der Waals surface area contributed by atoms with E-state index in [1.165, 1.54) is 20.8 Å². The summed E-state index contributed by atoms with van der Waals surface area (Å²) < 4.78 is 0. The lowest BCUT2D eigenvalue weighted by Crippen LogP contribution is -2.53. The van der Waals surface area contributed by atoms with Crippen LogP contribution >= 0.6 is 0 Å². The van der Waals surface area contributed by atoms with Crippen LogP contribution in [-0.4, -0.2) is 52.5 Å². The van der Waals surface area contributed by atoms with Crippen molar-refractivity contribution in [1.82, 2.24) is 0 Å². The Morgan fingerprint density at radius 2 is 0.958 bits per heavy atom. The third-order valence-electron chi connectivity index (χ3n) is 3.97. The van der Waals surface area contributed by atoms with Gasteiger partial charge < -0.3 is 15.3 Å². The molecule has 0 heterocycles. The lowest BCUT2D eigenvalue weighted by atomic mass is 9.62. The van der Waals surface area contributed by atoms with E-state index in [-0.39, 0.29) is 16.7 Å². The van der Waals surface area contributed by atoms with Crippen LogP contribution in [0, 0.1) is 10.8 Å². The molecule has 6 nitrogen and oxygen atoms in total. The first kappa shape index (κ1) is 22.1. The predicted molar refractivity (Wildman–Crippen MR) is 90.2 cm³/mol. The molecule has 0 aromatic carbocycles. The average molecular weight is 338 g/mol. The number of Topliss-reactive ketones (excluding diaryl/α,β-unsaturated/α-hetero) is 3. The van der Waals surface area contributed by atoms with Crippen molar-refractivity contribution in [3.8, 4) is 0 Å². The van der Waals surface area contributed by atoms with Crippen molar-refractivity contribution in [2.24, 2.45) is 10.8 Å². The highest BCUT2D eigenvalue weighted by atomic mass is 16.3. The van der Waals surface area contributed by atoms with Gasteiger partial charge in [-0.15, -0.1) is 0 Å². The molecule has 0 spiro atoms. The zero-order chi connectivity index (χ0) is 19.3. The van der Waals surface area contributed by atoms with Gasteiger partial charge in [0.1, 0.15) is 0 Å². The van der Waals surface area contributed by atoms with Gasteiger partial charge in [0.25, 0.3) is 0 Å². The maximum absolute atomic E-state index is 12.8. The quantitative estimate of drug-likeness (QED) is 0.379. The van der Waals surface area contributed by atoms with Gasteiger partial charge in [-0.25, -0.2) is 0 Å². The lowest BCUT2D eigenvalue weighted by Gasteiger charge is -2.38. The molecular formula is C18H26O6. The van der Waals surface area contributed by atoms with Crippen molar-refractivity contribution in [3.63, 3.8) is 0 Å². The summed E-state index contributed by atoms with van der Waals surface area (Å²) in [5.41, 5.74) is -4.00. The van der Waals surface area contributed by atoms with E-state index in [1.807, 2.05) is 0 Å². The van der Waals surface area contributed by atoms with E-state index in [9.17, 15) is 29.7 Å².